The fourth-order valence-corrected chi connectivity index (χ4v) is 5.59. The maximum Gasteiger partial charge on any atom is 0.270 e. The number of ether oxygens (including phenoxy) is 2. The zero-order chi connectivity index (χ0) is 29.8. The van der Waals surface area contributed by atoms with Crippen molar-refractivity contribution in [1.29, 1.82) is 0 Å². The van der Waals surface area contributed by atoms with E-state index in [-0.39, 0.29) is 18.0 Å². The number of fused-ring (bicyclic) bond motifs is 1. The van der Waals surface area contributed by atoms with Crippen LogP contribution in [0.25, 0.3) is 22.2 Å². The van der Waals surface area contributed by atoms with E-state index in [1.54, 1.807) is 25.3 Å². The highest BCUT2D eigenvalue weighted by molar-refractivity contribution is 5.95. The van der Waals surface area contributed by atoms with Crippen LogP contribution in [-0.2, 0) is 10.3 Å². The molecule has 0 bridgehead atoms. The maximum atomic E-state index is 14.8. The Morgan fingerprint density at radius 2 is 1.37 bits per heavy atom. The molecule has 8 heteroatoms. The largest absolute Gasteiger partial charge is 0.488 e. The molecule has 0 aliphatic rings. The first-order chi connectivity index (χ1) is 21.0. The van der Waals surface area contributed by atoms with E-state index < -0.39 is 16.3 Å². The Hall–Kier alpha value is -5.34. The number of hydrogen-bond acceptors (Lipinski definition) is 5. The third kappa shape index (κ3) is 5.02. The van der Waals surface area contributed by atoms with Crippen molar-refractivity contribution in [3.05, 3.63) is 160 Å². The number of aromatic nitrogens is 2. The molecular formula is C35H28FN3O4. The molecule has 0 amide bonds. The minimum atomic E-state index is -0.964. The molecule has 1 heterocycles. The van der Waals surface area contributed by atoms with Crippen molar-refractivity contribution in [3.63, 3.8) is 0 Å². The molecule has 214 valence electrons. The lowest BCUT2D eigenvalue weighted by Crippen LogP contribution is -2.38. The van der Waals surface area contributed by atoms with Crippen molar-refractivity contribution >= 4 is 16.6 Å². The number of nitro benzene ring substituents is 1. The van der Waals surface area contributed by atoms with Crippen LogP contribution >= 0.6 is 0 Å². The van der Waals surface area contributed by atoms with E-state index in [9.17, 15) is 14.5 Å². The number of benzene rings is 5. The molecule has 6 aromatic rings. The number of methoxy groups -OCH3 is 1. The number of nitro groups is 1. The topological polar surface area (TPSA) is 79.4 Å². The Bertz CT molecular complexity index is 1780. The summed E-state index contributed by atoms with van der Waals surface area (Å²) in [6.07, 6.45) is 0. The molecule has 7 nitrogen and oxygen atoms in total. The lowest BCUT2D eigenvalue weighted by Gasteiger charge is -2.37. The molecule has 0 N–H and O–H groups in total. The van der Waals surface area contributed by atoms with Gasteiger partial charge >= 0.3 is 0 Å². The SMILES string of the molecule is COCCOc1cc(-c2nn(C(c3ccccc3)(c3ccccc3)c3ccccc3)c3ccc([N+](=O)[O-])cc23)ccc1F. The average molecular weight is 574 g/mol. The van der Waals surface area contributed by atoms with Gasteiger partial charge in [0.15, 0.2) is 11.6 Å². The summed E-state index contributed by atoms with van der Waals surface area (Å²) in [7, 11) is 1.54. The molecule has 0 saturated carbocycles. The van der Waals surface area contributed by atoms with Crippen LogP contribution in [0.15, 0.2) is 127 Å². The van der Waals surface area contributed by atoms with Gasteiger partial charge in [0.25, 0.3) is 5.69 Å². The van der Waals surface area contributed by atoms with Gasteiger partial charge in [0.1, 0.15) is 17.8 Å². The fourth-order valence-electron chi connectivity index (χ4n) is 5.59. The molecule has 0 radical (unpaired) electrons. The van der Waals surface area contributed by atoms with E-state index in [0.717, 1.165) is 16.7 Å². The second-order valence-electron chi connectivity index (χ2n) is 10.0. The van der Waals surface area contributed by atoms with Gasteiger partial charge in [0, 0.05) is 30.2 Å². The summed E-state index contributed by atoms with van der Waals surface area (Å²) in [6, 6.07) is 39.3. The molecule has 5 aromatic carbocycles. The van der Waals surface area contributed by atoms with Crippen LogP contribution < -0.4 is 4.74 Å². The third-order valence-electron chi connectivity index (χ3n) is 7.52. The molecule has 0 atom stereocenters. The first kappa shape index (κ1) is 27.8. The lowest BCUT2D eigenvalue weighted by molar-refractivity contribution is -0.384. The first-order valence-corrected chi connectivity index (χ1v) is 13.8. The standard InChI is InChI=1S/C35H28FN3O4/c1-42-21-22-43-33-23-25(17-19-31(33)36)34-30-24-29(39(40)41)18-20-32(30)38(37-34)35(26-11-5-2-6-12-26,27-13-7-3-8-14-27)28-15-9-4-10-16-28/h2-20,23-24H,21-22H2,1H3. The molecule has 1 aromatic heterocycles. The van der Waals surface area contributed by atoms with Crippen molar-refractivity contribution in [1.82, 2.24) is 9.78 Å². The Morgan fingerprint density at radius 3 is 1.91 bits per heavy atom. The van der Waals surface area contributed by atoms with Crippen LogP contribution in [0.1, 0.15) is 16.7 Å². The van der Waals surface area contributed by atoms with Gasteiger partial charge < -0.3 is 9.47 Å². The predicted molar refractivity (Wildman–Crippen MR) is 164 cm³/mol. The highest BCUT2D eigenvalue weighted by Gasteiger charge is 2.41. The van der Waals surface area contributed by atoms with E-state index in [1.807, 2.05) is 59.3 Å². The Labute approximate surface area is 247 Å². The fraction of sp³-hybridized carbons (Fsp3) is 0.114. The Balaban J connectivity index is 1.71. The van der Waals surface area contributed by atoms with Crippen molar-refractivity contribution in [2.45, 2.75) is 5.54 Å². The van der Waals surface area contributed by atoms with Crippen molar-refractivity contribution in [3.8, 4) is 17.0 Å². The molecule has 43 heavy (non-hydrogen) atoms. The normalized spacial score (nSPS) is 11.5. The van der Waals surface area contributed by atoms with Gasteiger partial charge in [-0.15, -0.1) is 0 Å². The summed E-state index contributed by atoms with van der Waals surface area (Å²) in [6.45, 7) is 0.456. The number of nitrogens with zero attached hydrogens (tertiary/aromatic N) is 3. The first-order valence-electron chi connectivity index (χ1n) is 13.8. The molecule has 0 saturated heterocycles. The third-order valence-corrected chi connectivity index (χ3v) is 7.52. The van der Waals surface area contributed by atoms with Crippen LogP contribution in [0.3, 0.4) is 0 Å². The van der Waals surface area contributed by atoms with Gasteiger partial charge in [-0.1, -0.05) is 91.0 Å². The number of halogens is 1. The van der Waals surface area contributed by atoms with Gasteiger partial charge in [-0.25, -0.2) is 9.07 Å². The summed E-state index contributed by atoms with van der Waals surface area (Å²) in [5.74, 6) is -0.482. The van der Waals surface area contributed by atoms with E-state index in [4.69, 9.17) is 14.6 Å². The molecule has 0 aliphatic heterocycles. The smallest absolute Gasteiger partial charge is 0.270 e. The summed E-state index contributed by atoms with van der Waals surface area (Å²) in [5, 5.41) is 17.7. The molecule has 0 spiro atoms. The summed E-state index contributed by atoms with van der Waals surface area (Å²) >= 11 is 0. The maximum absolute atomic E-state index is 14.8. The van der Waals surface area contributed by atoms with Crippen molar-refractivity contribution in [2.75, 3.05) is 20.3 Å². The number of non-ortho nitro benzene ring substituents is 1. The van der Waals surface area contributed by atoms with Crippen LogP contribution in [0.5, 0.6) is 5.75 Å². The van der Waals surface area contributed by atoms with Gasteiger partial charge in [-0.05, 0) is 41.0 Å². The summed E-state index contributed by atoms with van der Waals surface area (Å²) < 4.78 is 27.4. The zero-order valence-electron chi connectivity index (χ0n) is 23.4. The monoisotopic (exact) mass is 573 g/mol. The summed E-state index contributed by atoms with van der Waals surface area (Å²) in [5.41, 5.74) is 3.50. The van der Waals surface area contributed by atoms with E-state index >= 15 is 0 Å². The van der Waals surface area contributed by atoms with Crippen LogP contribution in [0.2, 0.25) is 0 Å². The highest BCUT2D eigenvalue weighted by atomic mass is 19.1. The predicted octanol–water partition coefficient (Wildman–Crippen LogP) is 7.62. The molecule has 0 unspecified atom stereocenters. The average Bonchev–Trinajstić information content (AvgIpc) is 3.43. The molecule has 0 fully saturated rings. The second kappa shape index (κ2) is 11.9. The van der Waals surface area contributed by atoms with E-state index in [1.165, 1.54) is 18.2 Å². The highest BCUT2D eigenvalue weighted by Crippen LogP contribution is 2.44. The van der Waals surface area contributed by atoms with Crippen LogP contribution in [-0.4, -0.2) is 35.0 Å². The molecule has 0 aliphatic carbocycles. The van der Waals surface area contributed by atoms with Crippen molar-refractivity contribution in [2.24, 2.45) is 0 Å². The minimum absolute atomic E-state index is 0.0446. The summed E-state index contributed by atoms with van der Waals surface area (Å²) in [4.78, 5) is 11.5. The minimum Gasteiger partial charge on any atom is -0.488 e. The van der Waals surface area contributed by atoms with Crippen molar-refractivity contribution < 1.29 is 18.8 Å². The number of rotatable bonds is 10. The lowest BCUT2D eigenvalue weighted by atomic mass is 9.77. The van der Waals surface area contributed by atoms with Crippen LogP contribution in [0, 0.1) is 15.9 Å². The van der Waals surface area contributed by atoms with Gasteiger partial charge in [0.2, 0.25) is 0 Å². The second-order valence-corrected chi connectivity index (χ2v) is 10.0. The molecule has 6 rings (SSSR count). The van der Waals surface area contributed by atoms with Gasteiger partial charge in [-0.2, -0.15) is 5.10 Å². The zero-order valence-corrected chi connectivity index (χ0v) is 23.4. The van der Waals surface area contributed by atoms with Gasteiger partial charge in [0.05, 0.1) is 17.0 Å². The van der Waals surface area contributed by atoms with Gasteiger partial charge in [-0.3, -0.25) is 10.1 Å². The quantitative estimate of drug-likeness (QED) is 0.0729. The van der Waals surface area contributed by atoms with E-state index in [2.05, 4.69) is 36.4 Å². The Kier molecular flexibility index (Phi) is 7.68. The molecular weight excluding hydrogens is 545 g/mol. The Morgan fingerprint density at radius 1 is 0.791 bits per heavy atom. The van der Waals surface area contributed by atoms with Crippen LogP contribution in [0.4, 0.5) is 10.1 Å². The van der Waals surface area contributed by atoms with E-state index in [0.29, 0.717) is 28.8 Å². The number of hydrogen-bond donors (Lipinski definition) is 0.